The molecule has 0 aromatic heterocycles. The van der Waals surface area contributed by atoms with Crippen LogP contribution in [0.1, 0.15) is 49.0 Å². The van der Waals surface area contributed by atoms with Crippen molar-refractivity contribution in [1.82, 2.24) is 0 Å². The average molecular weight is 273 g/mol. The highest BCUT2D eigenvalue weighted by molar-refractivity contribution is 6.35. The molecule has 0 fully saturated rings. The zero-order valence-corrected chi connectivity index (χ0v) is 11.8. The molecule has 0 aliphatic heterocycles. The summed E-state index contributed by atoms with van der Waals surface area (Å²) < 4.78 is 0. The first-order chi connectivity index (χ1) is 9.70. The van der Waals surface area contributed by atoms with Gasteiger partial charge in [-0.25, -0.2) is 0 Å². The van der Waals surface area contributed by atoms with E-state index in [9.17, 15) is 9.90 Å². The third-order valence-corrected chi connectivity index (χ3v) is 3.28. The van der Waals surface area contributed by atoms with Gasteiger partial charge in [-0.15, -0.1) is 0 Å². The first-order valence-corrected chi connectivity index (χ1v) is 6.97. The number of aliphatic hydroxyl groups is 1. The van der Waals surface area contributed by atoms with E-state index in [1.54, 1.807) is 24.3 Å². The Balaban J connectivity index is 2.28. The Morgan fingerprint density at radius 1 is 1.25 bits per heavy atom. The predicted octanol–water partition coefficient (Wildman–Crippen LogP) is 3.73. The van der Waals surface area contributed by atoms with Crippen LogP contribution < -0.4 is 0 Å². The van der Waals surface area contributed by atoms with Gasteiger partial charge in [0.15, 0.2) is 5.78 Å². The Morgan fingerprint density at radius 3 is 2.55 bits per heavy atom. The van der Waals surface area contributed by atoms with Gasteiger partial charge in [-0.2, -0.15) is 0 Å². The van der Waals surface area contributed by atoms with Crippen LogP contribution in [0, 0.1) is 0 Å². The van der Waals surface area contributed by atoms with Crippen LogP contribution in [-0.2, 0) is 4.84 Å². The molecule has 1 aromatic carbocycles. The van der Waals surface area contributed by atoms with Crippen molar-refractivity contribution in [2.45, 2.75) is 33.1 Å². The number of Topliss-reactive ketones (excluding diaryl/α,β-unsaturated/α-hetero) is 1. The number of aliphatic hydroxyl groups excluding tert-OH is 1. The molecular formula is C16H19NO3. The Labute approximate surface area is 118 Å². The minimum absolute atomic E-state index is 0.00490. The van der Waals surface area contributed by atoms with Crippen molar-refractivity contribution in [1.29, 1.82) is 0 Å². The van der Waals surface area contributed by atoms with Crippen LogP contribution in [0.5, 0.6) is 0 Å². The number of ketones is 1. The lowest BCUT2D eigenvalue weighted by Crippen LogP contribution is -2.11. The number of oxime groups is 1. The SMILES string of the molecule is CCCCON=C(CC)C1=C(O)c2ccccc2C1=O. The molecule has 20 heavy (non-hydrogen) atoms. The largest absolute Gasteiger partial charge is 0.506 e. The number of benzene rings is 1. The summed E-state index contributed by atoms with van der Waals surface area (Å²) in [6, 6.07) is 7.03. The van der Waals surface area contributed by atoms with Gasteiger partial charge in [0, 0.05) is 11.1 Å². The van der Waals surface area contributed by atoms with Crippen molar-refractivity contribution in [2.24, 2.45) is 5.16 Å². The number of carbonyl (C=O) groups is 1. The minimum atomic E-state index is -0.183. The van der Waals surface area contributed by atoms with Crippen molar-refractivity contribution >= 4 is 17.3 Å². The third-order valence-electron chi connectivity index (χ3n) is 3.28. The second-order valence-electron chi connectivity index (χ2n) is 4.68. The number of carbonyl (C=O) groups excluding carboxylic acids is 1. The van der Waals surface area contributed by atoms with Gasteiger partial charge in [0.2, 0.25) is 0 Å². The lowest BCUT2D eigenvalue weighted by atomic mass is 10.0. The zero-order chi connectivity index (χ0) is 14.5. The first-order valence-electron chi connectivity index (χ1n) is 6.97. The molecule has 1 aromatic rings. The lowest BCUT2D eigenvalue weighted by molar-refractivity contribution is 0.104. The summed E-state index contributed by atoms with van der Waals surface area (Å²) in [7, 11) is 0. The molecule has 0 radical (unpaired) electrons. The van der Waals surface area contributed by atoms with E-state index in [1.165, 1.54) is 0 Å². The lowest BCUT2D eigenvalue weighted by Gasteiger charge is -2.05. The average Bonchev–Trinajstić information content (AvgIpc) is 2.73. The molecule has 0 heterocycles. The standard InChI is InChI=1S/C16H19NO3/c1-3-5-10-20-17-13(4-2)14-15(18)11-8-6-7-9-12(11)16(14)19/h6-9,18H,3-5,10H2,1-2H3. The van der Waals surface area contributed by atoms with Crippen LogP contribution >= 0.6 is 0 Å². The Bertz CT molecular complexity index is 573. The number of nitrogens with zero attached hydrogens (tertiary/aromatic N) is 1. The molecule has 0 unspecified atom stereocenters. The van der Waals surface area contributed by atoms with Crippen LogP contribution in [0.2, 0.25) is 0 Å². The quantitative estimate of drug-likeness (QED) is 0.488. The molecule has 0 atom stereocenters. The summed E-state index contributed by atoms with van der Waals surface area (Å²) >= 11 is 0. The van der Waals surface area contributed by atoms with Gasteiger partial charge in [-0.3, -0.25) is 4.79 Å². The van der Waals surface area contributed by atoms with E-state index in [2.05, 4.69) is 12.1 Å². The predicted molar refractivity (Wildman–Crippen MR) is 78.9 cm³/mol. The molecular weight excluding hydrogens is 254 g/mol. The van der Waals surface area contributed by atoms with Gasteiger partial charge >= 0.3 is 0 Å². The summed E-state index contributed by atoms with van der Waals surface area (Å²) in [5, 5.41) is 14.3. The fourth-order valence-electron chi connectivity index (χ4n) is 2.15. The van der Waals surface area contributed by atoms with Crippen LogP contribution in [0.4, 0.5) is 0 Å². The van der Waals surface area contributed by atoms with Gasteiger partial charge < -0.3 is 9.94 Å². The fourth-order valence-corrected chi connectivity index (χ4v) is 2.15. The highest BCUT2D eigenvalue weighted by atomic mass is 16.6. The number of unbranched alkanes of at least 4 members (excludes halogenated alkanes) is 1. The Kier molecular flexibility index (Phi) is 4.56. The van der Waals surface area contributed by atoms with Crippen molar-refractivity contribution in [3.63, 3.8) is 0 Å². The molecule has 0 amide bonds. The van der Waals surface area contributed by atoms with Gasteiger partial charge in [-0.05, 0) is 12.8 Å². The van der Waals surface area contributed by atoms with Gasteiger partial charge in [-0.1, -0.05) is 49.7 Å². The second kappa shape index (κ2) is 6.37. The maximum Gasteiger partial charge on any atom is 0.199 e. The maximum atomic E-state index is 12.3. The van der Waals surface area contributed by atoms with E-state index < -0.39 is 0 Å². The normalized spacial score (nSPS) is 14.7. The van der Waals surface area contributed by atoms with Gasteiger partial charge in [0.1, 0.15) is 12.4 Å². The summed E-state index contributed by atoms with van der Waals surface area (Å²) in [4.78, 5) is 17.6. The monoisotopic (exact) mass is 273 g/mol. The smallest absolute Gasteiger partial charge is 0.199 e. The number of fused-ring (bicyclic) bond motifs is 1. The molecule has 106 valence electrons. The Hall–Kier alpha value is -2.10. The van der Waals surface area contributed by atoms with E-state index in [-0.39, 0.29) is 17.1 Å². The van der Waals surface area contributed by atoms with Crippen LogP contribution in [-0.4, -0.2) is 23.2 Å². The van der Waals surface area contributed by atoms with E-state index in [1.807, 2.05) is 6.92 Å². The molecule has 2 rings (SSSR count). The van der Waals surface area contributed by atoms with Crippen molar-refractivity contribution < 1.29 is 14.7 Å². The van der Waals surface area contributed by atoms with E-state index in [4.69, 9.17) is 4.84 Å². The van der Waals surface area contributed by atoms with Crippen molar-refractivity contribution in [3.05, 3.63) is 41.0 Å². The summed E-state index contributed by atoms with van der Waals surface area (Å²) in [6.45, 7) is 4.48. The Morgan fingerprint density at radius 2 is 1.95 bits per heavy atom. The molecule has 0 bridgehead atoms. The topological polar surface area (TPSA) is 58.9 Å². The highest BCUT2D eigenvalue weighted by Gasteiger charge is 2.32. The molecule has 0 saturated heterocycles. The van der Waals surface area contributed by atoms with Gasteiger partial charge in [0.25, 0.3) is 0 Å². The van der Waals surface area contributed by atoms with Crippen molar-refractivity contribution in [2.75, 3.05) is 6.61 Å². The van der Waals surface area contributed by atoms with E-state index >= 15 is 0 Å². The zero-order valence-electron chi connectivity index (χ0n) is 11.8. The maximum absolute atomic E-state index is 12.3. The van der Waals surface area contributed by atoms with Gasteiger partial charge in [0.05, 0.1) is 11.3 Å². The van der Waals surface area contributed by atoms with Crippen LogP contribution in [0.3, 0.4) is 0 Å². The minimum Gasteiger partial charge on any atom is -0.506 e. The number of hydrogen-bond acceptors (Lipinski definition) is 4. The summed E-state index contributed by atoms with van der Waals surface area (Å²) in [5.41, 5.74) is 1.86. The molecule has 1 N–H and O–H groups in total. The number of hydrogen-bond donors (Lipinski definition) is 1. The van der Waals surface area contributed by atoms with E-state index in [0.717, 1.165) is 12.8 Å². The molecule has 1 aliphatic rings. The van der Waals surface area contributed by atoms with E-state index in [0.29, 0.717) is 29.9 Å². The van der Waals surface area contributed by atoms with Crippen molar-refractivity contribution in [3.8, 4) is 0 Å². The number of allylic oxidation sites excluding steroid dienone is 1. The molecule has 4 nitrogen and oxygen atoms in total. The summed E-state index contributed by atoms with van der Waals surface area (Å²) in [6.07, 6.45) is 2.47. The number of rotatable bonds is 6. The van der Waals surface area contributed by atoms with Crippen LogP contribution in [0.25, 0.3) is 5.76 Å². The fraction of sp³-hybridized carbons (Fsp3) is 0.375. The molecule has 0 saturated carbocycles. The molecule has 0 spiro atoms. The van der Waals surface area contributed by atoms with Crippen LogP contribution in [0.15, 0.2) is 35.0 Å². The first kappa shape index (κ1) is 14.3. The molecule has 1 aliphatic carbocycles. The third kappa shape index (κ3) is 2.59. The second-order valence-corrected chi connectivity index (χ2v) is 4.68. The molecule has 4 heteroatoms. The summed E-state index contributed by atoms with van der Waals surface area (Å²) in [5.74, 6) is -0.178. The highest BCUT2D eigenvalue weighted by Crippen LogP contribution is 2.32.